The van der Waals surface area contributed by atoms with Crippen LogP contribution < -0.4 is 15.0 Å². The van der Waals surface area contributed by atoms with Crippen molar-refractivity contribution in [2.45, 2.75) is 22.7 Å². The van der Waals surface area contributed by atoms with E-state index >= 15 is 0 Å². The molecule has 2 unspecified atom stereocenters. The largest absolute Gasteiger partial charge is 0.477 e. The Balaban J connectivity index is 1.31. The van der Waals surface area contributed by atoms with Gasteiger partial charge in [0.15, 0.2) is 16.7 Å². The van der Waals surface area contributed by atoms with Crippen molar-refractivity contribution in [3.05, 3.63) is 46.3 Å². The first-order valence-electron chi connectivity index (χ1n) is 12.1. The van der Waals surface area contributed by atoms with E-state index in [-0.39, 0.29) is 29.0 Å². The second kappa shape index (κ2) is 12.7. The molecule has 0 bridgehead atoms. The fraction of sp³-hybridized carbons (Fsp3) is 0.273. The zero-order chi connectivity index (χ0) is 30.9. The summed E-state index contributed by atoms with van der Waals surface area (Å²) in [5.74, 6) is -2.84. The second-order valence-electron chi connectivity index (χ2n) is 8.73. The Bertz CT molecular complexity index is 1690. The van der Waals surface area contributed by atoms with Gasteiger partial charge in [0, 0.05) is 45.3 Å². The van der Waals surface area contributed by atoms with Gasteiger partial charge in [-0.05, 0) is 6.92 Å². The Kier molecular flexibility index (Phi) is 9.16. The van der Waals surface area contributed by atoms with E-state index in [0.29, 0.717) is 20.8 Å². The van der Waals surface area contributed by atoms with Crippen LogP contribution in [0, 0.1) is 0 Å². The number of oxime groups is 1. The number of carbonyl (C=O) groups is 3. The van der Waals surface area contributed by atoms with Crippen LogP contribution in [0.1, 0.15) is 12.7 Å². The summed E-state index contributed by atoms with van der Waals surface area (Å²) in [7, 11) is -2.77. The molecule has 226 valence electrons. The molecule has 5 rings (SSSR count). The molecule has 1 fully saturated rings. The van der Waals surface area contributed by atoms with Crippen molar-refractivity contribution in [3.8, 4) is 11.3 Å². The summed E-state index contributed by atoms with van der Waals surface area (Å²) < 4.78 is 17.6. The number of pyridine rings is 1. The van der Waals surface area contributed by atoms with Crippen molar-refractivity contribution in [2.75, 3.05) is 17.4 Å². The number of fused-ring (bicyclic) bond motifs is 1. The molecule has 0 radical (unpaired) electrons. The van der Waals surface area contributed by atoms with E-state index in [9.17, 15) is 24.1 Å². The van der Waals surface area contributed by atoms with Gasteiger partial charge in [-0.25, -0.2) is 18.9 Å². The van der Waals surface area contributed by atoms with Gasteiger partial charge in [-0.15, -0.1) is 23.1 Å². The van der Waals surface area contributed by atoms with Crippen LogP contribution in [0.4, 0.5) is 5.13 Å². The first-order chi connectivity index (χ1) is 20.4. The van der Waals surface area contributed by atoms with Crippen LogP contribution in [0.2, 0.25) is 0 Å². The van der Waals surface area contributed by atoms with Gasteiger partial charge in [-0.2, -0.15) is 9.36 Å². The van der Waals surface area contributed by atoms with E-state index in [2.05, 4.69) is 24.8 Å². The lowest BCUT2D eigenvalue weighted by atomic mass is 10.0. The number of thioether (sulfide) groups is 2. The number of nitrogens with one attached hydrogen (secondary N) is 2. The van der Waals surface area contributed by atoms with E-state index in [4.69, 9.17) is 14.6 Å². The number of aryl methyl sites for hydroxylation is 1. The number of aromatic nitrogens is 4. The maximum atomic E-state index is 13.2. The van der Waals surface area contributed by atoms with Crippen molar-refractivity contribution >= 4 is 82.8 Å². The Hall–Kier alpha value is -3.39. The van der Waals surface area contributed by atoms with Gasteiger partial charge in [0.25, 0.3) is 11.8 Å². The monoisotopic (exact) mass is 685 g/mol. The van der Waals surface area contributed by atoms with Crippen LogP contribution in [-0.4, -0.2) is 81.4 Å². The molecule has 3 aromatic rings. The summed E-state index contributed by atoms with van der Waals surface area (Å²) in [5.41, 5.74) is 1.06. The van der Waals surface area contributed by atoms with E-state index in [1.807, 2.05) is 46.6 Å². The number of thiazole rings is 1. The second-order valence-corrected chi connectivity index (χ2v) is 14.1. The van der Waals surface area contributed by atoms with Gasteiger partial charge in [-0.3, -0.25) is 19.6 Å². The SMILES string of the molecule is CCO/N=C(/C(=O)NC1C(=O)N2C(C(=O)O)=C(Sc3nc(-c4cc[n+](C)cc4)cs3)CSC12)c1nsc(NP(=O)(O)O)n1. The van der Waals surface area contributed by atoms with E-state index in [1.165, 1.54) is 34.9 Å². The molecule has 1 saturated heterocycles. The van der Waals surface area contributed by atoms with Crippen molar-refractivity contribution in [1.82, 2.24) is 24.6 Å². The zero-order valence-corrected chi connectivity index (χ0v) is 26.3. The number of β-lactam (4-membered cyclic amide) rings is 1. The highest BCUT2D eigenvalue weighted by molar-refractivity contribution is 8.07. The maximum absolute atomic E-state index is 13.2. The Morgan fingerprint density at radius 1 is 1.30 bits per heavy atom. The number of amides is 2. The molecule has 0 aliphatic carbocycles. The maximum Gasteiger partial charge on any atom is 0.429 e. The highest BCUT2D eigenvalue weighted by Crippen LogP contribution is 2.46. The molecular formula is C22H22N8O8PS4+. The predicted molar refractivity (Wildman–Crippen MR) is 158 cm³/mol. The number of hydrogen-bond acceptors (Lipinski definition) is 13. The van der Waals surface area contributed by atoms with Gasteiger partial charge in [0.1, 0.15) is 30.8 Å². The average molecular weight is 686 g/mol. The molecular weight excluding hydrogens is 664 g/mol. The van der Waals surface area contributed by atoms with Gasteiger partial charge in [0.2, 0.25) is 16.7 Å². The molecule has 3 aromatic heterocycles. The summed E-state index contributed by atoms with van der Waals surface area (Å²) in [6.07, 6.45) is 3.80. The standard InChI is InChI=1S/C22H21N8O8PS4/c1-3-38-26-13(16-25-21(43-28-16)27-39(35,36)37)17(31)24-14-18(32)30-15(20(33)34)12(9-40-19(14)30)42-22-23-11(8-41-22)10-4-6-29(2)7-5-10/h4-8,14,19H,3,9H2,1-2H3,(H4-,24,25,27,28,31,33,34,35,36,37)/p+1/b26-13+. The van der Waals surface area contributed by atoms with Crippen molar-refractivity contribution in [2.24, 2.45) is 12.2 Å². The highest BCUT2D eigenvalue weighted by atomic mass is 32.2. The average Bonchev–Trinajstić information content (AvgIpc) is 3.60. The smallest absolute Gasteiger partial charge is 0.429 e. The summed E-state index contributed by atoms with van der Waals surface area (Å²) in [5, 5.41) is 19.0. The molecule has 2 amide bonds. The number of aliphatic carboxylic acids is 1. The number of carboxylic acids is 1. The van der Waals surface area contributed by atoms with Crippen LogP contribution in [0.3, 0.4) is 0 Å². The quantitative estimate of drug-likeness (QED) is 0.0630. The Morgan fingerprint density at radius 2 is 2.05 bits per heavy atom. The van der Waals surface area contributed by atoms with Gasteiger partial charge < -0.3 is 25.0 Å². The van der Waals surface area contributed by atoms with Gasteiger partial charge >= 0.3 is 13.7 Å². The molecule has 5 N–H and O–H groups in total. The fourth-order valence-corrected chi connectivity index (χ4v) is 8.60. The summed E-state index contributed by atoms with van der Waals surface area (Å²) in [4.78, 5) is 71.9. The molecule has 43 heavy (non-hydrogen) atoms. The molecule has 2 aliphatic rings. The van der Waals surface area contributed by atoms with E-state index in [1.54, 1.807) is 6.92 Å². The van der Waals surface area contributed by atoms with Gasteiger partial charge in [-0.1, -0.05) is 16.9 Å². The number of carboxylic acid groups (broad SMARTS) is 1. The predicted octanol–water partition coefficient (Wildman–Crippen LogP) is 1.22. The summed E-state index contributed by atoms with van der Waals surface area (Å²) in [6, 6.07) is 2.77. The Morgan fingerprint density at radius 3 is 2.72 bits per heavy atom. The lowest BCUT2D eigenvalue weighted by molar-refractivity contribution is -0.671. The minimum absolute atomic E-state index is 0.0843. The summed E-state index contributed by atoms with van der Waals surface area (Å²) in [6.45, 7) is 1.70. The lowest BCUT2D eigenvalue weighted by Crippen LogP contribution is -2.71. The Labute approximate surface area is 259 Å². The molecule has 0 saturated carbocycles. The van der Waals surface area contributed by atoms with Crippen LogP contribution in [0.15, 0.2) is 50.0 Å². The molecule has 0 spiro atoms. The highest BCUT2D eigenvalue weighted by Gasteiger charge is 2.54. The number of anilines is 1. The normalized spacial score (nSPS) is 18.7. The van der Waals surface area contributed by atoms with Crippen molar-refractivity contribution < 1.29 is 43.2 Å². The molecule has 21 heteroatoms. The minimum atomic E-state index is -4.67. The third-order valence-electron chi connectivity index (χ3n) is 5.77. The van der Waals surface area contributed by atoms with E-state index < -0.39 is 42.7 Å². The van der Waals surface area contributed by atoms with E-state index in [0.717, 1.165) is 16.2 Å². The summed E-state index contributed by atoms with van der Waals surface area (Å²) >= 11 is 4.40. The zero-order valence-electron chi connectivity index (χ0n) is 22.1. The number of nitrogens with zero attached hydrogens (tertiary/aromatic N) is 6. The van der Waals surface area contributed by atoms with Gasteiger partial charge in [0.05, 0.1) is 5.69 Å². The van der Waals surface area contributed by atoms with Crippen LogP contribution in [-0.2, 0) is 30.8 Å². The van der Waals surface area contributed by atoms with Crippen LogP contribution >= 0.6 is 54.1 Å². The first-order valence-corrected chi connectivity index (χ1v) is 17.3. The first kappa shape index (κ1) is 31.0. The molecule has 0 aromatic carbocycles. The van der Waals surface area contributed by atoms with Crippen LogP contribution in [0.25, 0.3) is 11.3 Å². The number of carbonyl (C=O) groups excluding carboxylic acids is 2. The topological polar surface area (TPSA) is 220 Å². The van der Waals surface area contributed by atoms with Crippen molar-refractivity contribution in [3.63, 3.8) is 0 Å². The lowest BCUT2D eigenvalue weighted by Gasteiger charge is -2.49. The molecule has 2 aliphatic heterocycles. The fourth-order valence-electron chi connectivity index (χ4n) is 3.90. The number of rotatable bonds is 11. The molecule has 2 atom stereocenters. The minimum Gasteiger partial charge on any atom is -0.477 e. The third-order valence-corrected chi connectivity index (χ3v) is 10.5. The molecule has 16 nitrogen and oxygen atoms in total. The third kappa shape index (κ3) is 6.90. The molecule has 5 heterocycles. The van der Waals surface area contributed by atoms with Crippen LogP contribution in [0.5, 0.6) is 0 Å². The number of hydrogen-bond donors (Lipinski definition) is 5. The van der Waals surface area contributed by atoms with Crippen molar-refractivity contribution in [1.29, 1.82) is 0 Å².